The summed E-state index contributed by atoms with van der Waals surface area (Å²) in [5.74, 6) is 2.32. The fourth-order valence-electron chi connectivity index (χ4n) is 5.71. The summed E-state index contributed by atoms with van der Waals surface area (Å²) in [7, 11) is 0. The van der Waals surface area contributed by atoms with Gasteiger partial charge < -0.3 is 15.7 Å². The van der Waals surface area contributed by atoms with Gasteiger partial charge in [-0.15, -0.1) is 0 Å². The van der Waals surface area contributed by atoms with Crippen LogP contribution in [-0.4, -0.2) is 36.4 Å². The largest absolute Gasteiger partial charge is 0.388 e. The minimum Gasteiger partial charge on any atom is -0.388 e. The van der Waals surface area contributed by atoms with E-state index in [0.29, 0.717) is 12.0 Å². The predicted octanol–water partition coefficient (Wildman–Crippen LogP) is 3.80. The Morgan fingerprint density at radius 3 is 2.40 bits per heavy atom. The van der Waals surface area contributed by atoms with Crippen LogP contribution in [0.5, 0.6) is 0 Å². The molecular weight excluding hydrogens is 308 g/mol. The van der Waals surface area contributed by atoms with E-state index in [4.69, 9.17) is 0 Å². The van der Waals surface area contributed by atoms with Gasteiger partial charge in [0, 0.05) is 25.7 Å². The first kappa shape index (κ1) is 19.1. The average Bonchev–Trinajstić information content (AvgIpc) is 2.51. The van der Waals surface area contributed by atoms with Crippen LogP contribution in [0.3, 0.4) is 0 Å². The molecular formula is C22H38N2O. The van der Waals surface area contributed by atoms with Gasteiger partial charge >= 0.3 is 0 Å². The second kappa shape index (κ2) is 8.37. The summed E-state index contributed by atoms with van der Waals surface area (Å²) in [5, 5.41) is 18.3. The Bertz CT molecular complexity index is 492. The van der Waals surface area contributed by atoms with E-state index >= 15 is 0 Å². The van der Waals surface area contributed by atoms with E-state index in [9.17, 15) is 5.11 Å². The molecule has 0 spiro atoms. The highest BCUT2D eigenvalue weighted by Gasteiger charge is 2.55. The monoisotopic (exact) mass is 346 g/mol. The molecule has 4 bridgehead atoms. The summed E-state index contributed by atoms with van der Waals surface area (Å²) in [4.78, 5) is 0. The number of hydrogen-bond acceptors (Lipinski definition) is 3. The van der Waals surface area contributed by atoms with Gasteiger partial charge in [-0.05, 0) is 83.5 Å². The standard InChI is InChI=1S/C22H38N2O/c1-16(2)5-4-6-17(3)7-8-23-9-10-24-21-20-12-18-11-19(13-20)15-22(21,25)14-18/h5,7,18-21,23-25H,4,6,8-15H2,1-3H3/b17-7+. The lowest BCUT2D eigenvalue weighted by Crippen LogP contribution is -2.65. The number of rotatable bonds is 9. The Balaban J connectivity index is 1.32. The molecule has 0 aromatic rings. The first-order chi connectivity index (χ1) is 12.0. The van der Waals surface area contributed by atoms with Gasteiger partial charge in [-0.1, -0.05) is 23.3 Å². The minimum absolute atomic E-state index is 0.337. The topological polar surface area (TPSA) is 44.3 Å². The van der Waals surface area contributed by atoms with Crippen molar-refractivity contribution in [3.05, 3.63) is 23.3 Å². The summed E-state index contributed by atoms with van der Waals surface area (Å²) in [5.41, 5.74) is 2.47. The Morgan fingerprint density at radius 2 is 1.76 bits per heavy atom. The summed E-state index contributed by atoms with van der Waals surface area (Å²) in [6.07, 6.45) is 13.1. The molecule has 3 heteroatoms. The van der Waals surface area contributed by atoms with Crippen molar-refractivity contribution in [3.8, 4) is 0 Å². The molecule has 142 valence electrons. The molecule has 0 aliphatic heterocycles. The molecule has 4 saturated carbocycles. The molecule has 3 N–H and O–H groups in total. The van der Waals surface area contributed by atoms with E-state index in [1.54, 1.807) is 0 Å². The maximum atomic E-state index is 11.1. The summed E-state index contributed by atoms with van der Waals surface area (Å²) >= 11 is 0. The Hall–Kier alpha value is -0.640. The smallest absolute Gasteiger partial charge is 0.0808 e. The van der Waals surface area contributed by atoms with Crippen molar-refractivity contribution >= 4 is 0 Å². The third kappa shape index (κ3) is 4.96. The Kier molecular flexibility index (Phi) is 6.40. The predicted molar refractivity (Wildman–Crippen MR) is 106 cm³/mol. The van der Waals surface area contributed by atoms with Crippen LogP contribution in [0.15, 0.2) is 23.3 Å². The van der Waals surface area contributed by atoms with Crippen LogP contribution < -0.4 is 10.6 Å². The molecule has 0 heterocycles. The SMILES string of the molecule is CC(C)=CCC/C(C)=C/CNCCNC1C2CC3CC(C2)CC1(O)C3. The third-order valence-electron chi connectivity index (χ3n) is 6.63. The molecule has 0 radical (unpaired) electrons. The zero-order valence-electron chi connectivity index (χ0n) is 16.5. The van der Waals surface area contributed by atoms with Gasteiger partial charge in [-0.2, -0.15) is 0 Å². The van der Waals surface area contributed by atoms with Gasteiger partial charge in [0.05, 0.1) is 5.60 Å². The summed E-state index contributed by atoms with van der Waals surface area (Å²) in [6, 6.07) is 0.337. The van der Waals surface area contributed by atoms with E-state index in [1.165, 1.54) is 30.4 Å². The lowest BCUT2D eigenvalue weighted by Gasteiger charge is -2.59. The molecule has 4 fully saturated rings. The lowest BCUT2D eigenvalue weighted by atomic mass is 9.52. The van der Waals surface area contributed by atoms with Gasteiger partial charge in [0.2, 0.25) is 0 Å². The second-order valence-electron chi connectivity index (χ2n) is 9.22. The van der Waals surface area contributed by atoms with Gasteiger partial charge in [0.15, 0.2) is 0 Å². The molecule has 4 aliphatic carbocycles. The van der Waals surface area contributed by atoms with Gasteiger partial charge in [0.25, 0.3) is 0 Å². The molecule has 4 aliphatic rings. The zero-order chi connectivity index (χ0) is 17.9. The minimum atomic E-state index is -0.407. The van der Waals surface area contributed by atoms with Crippen molar-refractivity contribution in [2.75, 3.05) is 19.6 Å². The quantitative estimate of drug-likeness (QED) is 0.439. The molecule has 3 nitrogen and oxygen atoms in total. The summed E-state index contributed by atoms with van der Waals surface area (Å²) < 4.78 is 0. The molecule has 3 atom stereocenters. The van der Waals surface area contributed by atoms with Crippen LogP contribution in [0.4, 0.5) is 0 Å². The average molecular weight is 347 g/mol. The van der Waals surface area contributed by atoms with Crippen molar-refractivity contribution in [1.29, 1.82) is 0 Å². The van der Waals surface area contributed by atoms with Gasteiger partial charge in [-0.25, -0.2) is 0 Å². The number of allylic oxidation sites excluding steroid dienone is 3. The maximum Gasteiger partial charge on any atom is 0.0808 e. The lowest BCUT2D eigenvalue weighted by molar-refractivity contribution is -0.149. The van der Waals surface area contributed by atoms with Crippen LogP contribution >= 0.6 is 0 Å². The van der Waals surface area contributed by atoms with Gasteiger partial charge in [-0.3, -0.25) is 0 Å². The summed E-state index contributed by atoms with van der Waals surface area (Å²) in [6.45, 7) is 9.43. The first-order valence-corrected chi connectivity index (χ1v) is 10.4. The third-order valence-corrected chi connectivity index (χ3v) is 6.63. The second-order valence-corrected chi connectivity index (χ2v) is 9.22. The molecule has 4 rings (SSSR count). The highest BCUT2D eigenvalue weighted by molar-refractivity contribution is 5.10. The van der Waals surface area contributed by atoms with E-state index < -0.39 is 5.60 Å². The van der Waals surface area contributed by atoms with E-state index in [1.807, 2.05) is 0 Å². The van der Waals surface area contributed by atoms with E-state index in [0.717, 1.165) is 57.2 Å². The van der Waals surface area contributed by atoms with Crippen molar-refractivity contribution in [3.63, 3.8) is 0 Å². The van der Waals surface area contributed by atoms with Gasteiger partial charge in [0.1, 0.15) is 0 Å². The maximum absolute atomic E-state index is 11.1. The molecule has 3 unspecified atom stereocenters. The molecule has 0 aromatic carbocycles. The van der Waals surface area contributed by atoms with Crippen LogP contribution in [0, 0.1) is 17.8 Å². The van der Waals surface area contributed by atoms with Crippen LogP contribution in [0.25, 0.3) is 0 Å². The van der Waals surface area contributed by atoms with Crippen LogP contribution in [0.1, 0.15) is 65.7 Å². The van der Waals surface area contributed by atoms with Crippen LogP contribution in [0.2, 0.25) is 0 Å². The van der Waals surface area contributed by atoms with Crippen molar-refractivity contribution < 1.29 is 5.11 Å². The Labute approximate surface area is 154 Å². The van der Waals surface area contributed by atoms with Crippen LogP contribution in [-0.2, 0) is 0 Å². The zero-order valence-corrected chi connectivity index (χ0v) is 16.5. The van der Waals surface area contributed by atoms with Crippen molar-refractivity contribution in [2.24, 2.45) is 17.8 Å². The Morgan fingerprint density at radius 1 is 1.04 bits per heavy atom. The number of nitrogens with one attached hydrogen (secondary N) is 2. The highest BCUT2D eigenvalue weighted by atomic mass is 16.3. The van der Waals surface area contributed by atoms with E-state index in [-0.39, 0.29) is 0 Å². The van der Waals surface area contributed by atoms with Crippen molar-refractivity contribution in [2.45, 2.75) is 77.4 Å². The first-order valence-electron chi connectivity index (χ1n) is 10.4. The molecule has 25 heavy (non-hydrogen) atoms. The highest BCUT2D eigenvalue weighted by Crippen LogP contribution is 2.55. The normalized spacial score (nSPS) is 36.7. The molecule has 0 aromatic heterocycles. The van der Waals surface area contributed by atoms with E-state index in [2.05, 4.69) is 43.6 Å². The fraction of sp³-hybridized carbons (Fsp3) is 0.818. The number of hydrogen-bond donors (Lipinski definition) is 3. The van der Waals surface area contributed by atoms with Crippen molar-refractivity contribution in [1.82, 2.24) is 10.6 Å². The molecule has 0 amide bonds. The number of aliphatic hydroxyl groups is 1. The molecule has 0 saturated heterocycles. The fourth-order valence-corrected chi connectivity index (χ4v) is 5.71.